The van der Waals surface area contributed by atoms with Crippen LogP contribution in [-0.4, -0.2) is 45.3 Å². The van der Waals surface area contributed by atoms with E-state index in [2.05, 4.69) is 15.3 Å². The van der Waals surface area contributed by atoms with Crippen LogP contribution in [0.5, 0.6) is 11.5 Å². The van der Waals surface area contributed by atoms with Crippen LogP contribution in [0.2, 0.25) is 0 Å². The van der Waals surface area contributed by atoms with E-state index in [1.165, 1.54) is 18.3 Å². The number of aromatic nitrogens is 3. The fraction of sp³-hybridized carbons (Fsp3) is 0.381. The average Bonchev–Trinajstić information content (AvgIpc) is 3.11. The van der Waals surface area contributed by atoms with Gasteiger partial charge in [0, 0.05) is 31.0 Å². The molecule has 3 aliphatic heterocycles. The lowest BCUT2D eigenvalue weighted by Crippen LogP contribution is -2.49. The Morgan fingerprint density at radius 1 is 1.27 bits per heavy atom. The van der Waals surface area contributed by atoms with Gasteiger partial charge in [0.15, 0.2) is 17.2 Å². The van der Waals surface area contributed by atoms with Crippen molar-refractivity contribution in [2.24, 2.45) is 0 Å². The van der Waals surface area contributed by atoms with Gasteiger partial charge in [-0.2, -0.15) is 5.10 Å². The van der Waals surface area contributed by atoms with E-state index in [1.807, 2.05) is 6.92 Å². The number of nitrogens with zero attached hydrogens (tertiary/aromatic N) is 4. The van der Waals surface area contributed by atoms with Crippen LogP contribution in [0, 0.1) is 5.82 Å². The number of benzene rings is 1. The van der Waals surface area contributed by atoms with Gasteiger partial charge in [0.05, 0.1) is 18.4 Å². The number of nitrogens with one attached hydrogen (secondary N) is 1. The van der Waals surface area contributed by atoms with Gasteiger partial charge in [-0.25, -0.2) is 13.9 Å². The molecule has 1 fully saturated rings. The van der Waals surface area contributed by atoms with Crippen molar-refractivity contribution in [3.8, 4) is 11.5 Å². The minimum Gasteiger partial charge on any atom is -0.490 e. The lowest BCUT2D eigenvalue weighted by Gasteiger charge is -2.38. The zero-order chi connectivity index (χ0) is 20.4. The summed E-state index contributed by atoms with van der Waals surface area (Å²) < 4.78 is 27.7. The molecule has 1 saturated carbocycles. The molecule has 1 amide bonds. The highest BCUT2D eigenvalue weighted by Gasteiger charge is 2.35. The lowest BCUT2D eigenvalue weighted by atomic mass is 9.89. The maximum absolute atomic E-state index is 14.1. The Labute approximate surface area is 171 Å². The van der Waals surface area contributed by atoms with Crippen LogP contribution in [0.3, 0.4) is 0 Å². The molecule has 8 nitrogen and oxygen atoms in total. The van der Waals surface area contributed by atoms with E-state index < -0.39 is 0 Å². The summed E-state index contributed by atoms with van der Waals surface area (Å²) in [5.74, 6) is 1.34. The first-order valence-corrected chi connectivity index (χ1v) is 10.1. The summed E-state index contributed by atoms with van der Waals surface area (Å²) in [6, 6.07) is 4.65. The normalized spacial score (nSPS) is 24.9. The fourth-order valence-corrected chi connectivity index (χ4v) is 4.29. The van der Waals surface area contributed by atoms with Crippen LogP contribution in [-0.2, 0) is 6.54 Å². The van der Waals surface area contributed by atoms with Crippen molar-refractivity contribution in [2.75, 3.05) is 11.5 Å². The number of amides is 1. The van der Waals surface area contributed by atoms with Gasteiger partial charge in [-0.05, 0) is 25.1 Å². The average molecular weight is 409 g/mol. The van der Waals surface area contributed by atoms with E-state index in [1.54, 1.807) is 16.8 Å². The molecule has 4 bridgehead atoms. The molecule has 0 spiro atoms. The van der Waals surface area contributed by atoms with Crippen LogP contribution < -0.4 is 19.7 Å². The van der Waals surface area contributed by atoms with Crippen LogP contribution in [0.25, 0.3) is 5.65 Å². The first-order chi connectivity index (χ1) is 14.5. The molecule has 9 heteroatoms. The first-order valence-electron chi connectivity index (χ1n) is 10.1. The Morgan fingerprint density at radius 3 is 3.00 bits per heavy atom. The lowest BCUT2D eigenvalue weighted by molar-refractivity contribution is 0.0696. The van der Waals surface area contributed by atoms with Gasteiger partial charge in [0.1, 0.15) is 29.8 Å². The zero-order valence-corrected chi connectivity index (χ0v) is 16.3. The van der Waals surface area contributed by atoms with E-state index in [0.29, 0.717) is 54.5 Å². The number of fused-ring (bicyclic) bond motifs is 1. The zero-order valence-electron chi connectivity index (χ0n) is 16.3. The molecule has 1 aliphatic carbocycles. The van der Waals surface area contributed by atoms with Crippen molar-refractivity contribution in [2.45, 2.75) is 44.5 Å². The number of halogens is 1. The number of hydrogen-bond acceptors (Lipinski definition) is 6. The molecular formula is C21H20FN5O3. The summed E-state index contributed by atoms with van der Waals surface area (Å²) in [5.41, 5.74) is 1.65. The standard InChI is InChI=1S/C21H20FN5O3/c1-11-10-29-18-9-27-19-16(7-23-27)21(28)24-14-5-15(6-14)30-17-3-2-13(22)4-12(17)8-26(11)20(18)25-19/h2-4,7,9,11,14-15H,5-6,8,10H2,1H3,(H,24,28)/t11-,14?,15?/m1/s1. The molecule has 1 N–H and O–H groups in total. The highest BCUT2D eigenvalue weighted by molar-refractivity contribution is 6.00. The molecule has 3 aromatic rings. The summed E-state index contributed by atoms with van der Waals surface area (Å²) in [5, 5.41) is 7.32. The molecule has 2 aromatic heterocycles. The third-order valence-corrected chi connectivity index (χ3v) is 6.06. The minimum absolute atomic E-state index is 0.00440. The number of anilines is 1. The highest BCUT2D eigenvalue weighted by Crippen LogP contribution is 2.36. The van der Waals surface area contributed by atoms with Crippen molar-refractivity contribution in [1.29, 1.82) is 0 Å². The summed E-state index contributed by atoms with van der Waals surface area (Å²) >= 11 is 0. The molecule has 7 rings (SSSR count). The highest BCUT2D eigenvalue weighted by atomic mass is 19.1. The van der Waals surface area contributed by atoms with Gasteiger partial charge in [-0.1, -0.05) is 0 Å². The summed E-state index contributed by atoms with van der Waals surface area (Å²) in [7, 11) is 0. The van der Waals surface area contributed by atoms with Crippen LogP contribution in [0.1, 0.15) is 35.7 Å². The molecule has 0 unspecified atom stereocenters. The Kier molecular flexibility index (Phi) is 3.68. The summed E-state index contributed by atoms with van der Waals surface area (Å²) in [6.07, 6.45) is 4.67. The van der Waals surface area contributed by atoms with Gasteiger partial charge in [0.2, 0.25) is 0 Å². The summed E-state index contributed by atoms with van der Waals surface area (Å²) in [4.78, 5) is 19.6. The summed E-state index contributed by atoms with van der Waals surface area (Å²) in [6.45, 7) is 2.91. The number of carbonyl (C=O) groups excluding carboxylic acids is 1. The van der Waals surface area contributed by atoms with E-state index in [4.69, 9.17) is 14.5 Å². The number of rotatable bonds is 0. The predicted octanol–water partition coefficient (Wildman–Crippen LogP) is 2.31. The van der Waals surface area contributed by atoms with Crippen LogP contribution in [0.4, 0.5) is 10.2 Å². The SMILES string of the molecule is C[C@@H]1COc2cn3ncc4c3nc2N1Cc1cc(F)ccc1OC1CC(C1)NC4=O. The molecule has 154 valence electrons. The Morgan fingerprint density at radius 2 is 2.13 bits per heavy atom. The molecule has 4 aliphatic rings. The van der Waals surface area contributed by atoms with Crippen molar-refractivity contribution >= 4 is 17.4 Å². The van der Waals surface area contributed by atoms with Gasteiger partial charge in [-0.3, -0.25) is 4.79 Å². The maximum Gasteiger partial charge on any atom is 0.256 e. The van der Waals surface area contributed by atoms with E-state index in [9.17, 15) is 9.18 Å². The van der Waals surface area contributed by atoms with Crippen molar-refractivity contribution in [3.05, 3.63) is 47.5 Å². The Hall–Kier alpha value is -3.36. The molecule has 5 heterocycles. The van der Waals surface area contributed by atoms with Gasteiger partial charge >= 0.3 is 0 Å². The van der Waals surface area contributed by atoms with Gasteiger partial charge in [0.25, 0.3) is 5.91 Å². The topological polar surface area (TPSA) is 81.0 Å². The molecule has 30 heavy (non-hydrogen) atoms. The maximum atomic E-state index is 14.1. The molecule has 1 aromatic carbocycles. The smallest absolute Gasteiger partial charge is 0.256 e. The molecular weight excluding hydrogens is 389 g/mol. The Bertz CT molecular complexity index is 1170. The minimum atomic E-state index is -0.306. The van der Waals surface area contributed by atoms with Crippen LogP contribution in [0.15, 0.2) is 30.6 Å². The predicted molar refractivity (Wildman–Crippen MR) is 105 cm³/mol. The van der Waals surface area contributed by atoms with E-state index in [-0.39, 0.29) is 29.9 Å². The van der Waals surface area contributed by atoms with Crippen molar-refractivity contribution in [3.63, 3.8) is 0 Å². The first kappa shape index (κ1) is 17.5. The fourth-order valence-electron chi connectivity index (χ4n) is 4.29. The second-order valence-corrected chi connectivity index (χ2v) is 8.18. The number of hydrogen-bond donors (Lipinski definition) is 1. The molecule has 0 saturated heterocycles. The second kappa shape index (κ2) is 6.32. The largest absolute Gasteiger partial charge is 0.490 e. The quantitative estimate of drug-likeness (QED) is 0.614. The third kappa shape index (κ3) is 2.68. The monoisotopic (exact) mass is 409 g/mol. The molecule has 1 atom stereocenters. The number of carbonyl (C=O) groups is 1. The van der Waals surface area contributed by atoms with E-state index in [0.717, 1.165) is 5.56 Å². The third-order valence-electron chi connectivity index (χ3n) is 6.06. The second-order valence-electron chi connectivity index (χ2n) is 8.18. The van der Waals surface area contributed by atoms with E-state index >= 15 is 0 Å². The van der Waals surface area contributed by atoms with Gasteiger partial charge in [-0.15, -0.1) is 0 Å². The van der Waals surface area contributed by atoms with Crippen molar-refractivity contribution in [1.82, 2.24) is 19.9 Å². The van der Waals surface area contributed by atoms with Crippen molar-refractivity contribution < 1.29 is 18.7 Å². The Balaban J connectivity index is 1.53. The van der Waals surface area contributed by atoms with Crippen LogP contribution >= 0.6 is 0 Å². The van der Waals surface area contributed by atoms with Gasteiger partial charge < -0.3 is 19.7 Å². The molecule has 0 radical (unpaired) electrons. The number of ether oxygens (including phenoxy) is 2.